The van der Waals surface area contributed by atoms with Crippen molar-refractivity contribution >= 4 is 21.8 Å². The molecule has 1 aromatic rings. The number of rotatable bonds is 3. The molecule has 0 saturated heterocycles. The molecule has 1 rings (SSSR count). The van der Waals surface area contributed by atoms with Crippen LogP contribution in [0.3, 0.4) is 0 Å². The Morgan fingerprint density at radius 2 is 2.00 bits per heavy atom. The summed E-state index contributed by atoms with van der Waals surface area (Å²) in [5.41, 5.74) is 4.69. The van der Waals surface area contributed by atoms with Crippen molar-refractivity contribution in [1.82, 2.24) is 5.32 Å². The largest absolute Gasteiger partial charge is 0.348 e. The fourth-order valence-electron chi connectivity index (χ4n) is 1.11. The molecule has 0 saturated carbocycles. The quantitative estimate of drug-likeness (QED) is 0.893. The van der Waals surface area contributed by atoms with Crippen LogP contribution in [0.4, 0.5) is 8.78 Å². The van der Waals surface area contributed by atoms with Gasteiger partial charge in [0.2, 0.25) is 0 Å². The topological polar surface area (TPSA) is 55.1 Å². The van der Waals surface area contributed by atoms with Crippen LogP contribution in [0.5, 0.6) is 0 Å². The molecule has 1 atom stereocenters. The molecule has 0 aromatic heterocycles. The summed E-state index contributed by atoms with van der Waals surface area (Å²) < 4.78 is 26.9. The van der Waals surface area contributed by atoms with Gasteiger partial charge in [0.05, 0.1) is 0 Å². The van der Waals surface area contributed by atoms with Gasteiger partial charge in [0, 0.05) is 17.1 Å². The first kappa shape index (κ1) is 13.1. The summed E-state index contributed by atoms with van der Waals surface area (Å²) in [7, 11) is 0. The first-order valence-electron chi connectivity index (χ1n) is 4.61. The number of halogens is 3. The number of hydrogen-bond acceptors (Lipinski definition) is 2. The fraction of sp³-hybridized carbons (Fsp3) is 0.300. The minimum absolute atomic E-state index is 0.200. The SMILES string of the molecule is C[C@H](CN)NC(=O)c1c(F)cc(Br)cc1F. The van der Waals surface area contributed by atoms with Gasteiger partial charge in [0.25, 0.3) is 5.91 Å². The standard InChI is InChI=1S/C10H11BrF2N2O/c1-5(4-14)15-10(16)9-7(12)2-6(11)3-8(9)13/h2-3,5H,4,14H2,1H3,(H,15,16)/t5-/m1/s1. The Kier molecular flexibility index (Phi) is 4.37. The molecule has 0 unspecified atom stereocenters. The number of hydrogen-bond donors (Lipinski definition) is 2. The Labute approximate surface area is 100 Å². The van der Waals surface area contributed by atoms with E-state index in [1.165, 1.54) is 0 Å². The summed E-state index contributed by atoms with van der Waals surface area (Å²) >= 11 is 2.93. The van der Waals surface area contributed by atoms with E-state index in [9.17, 15) is 13.6 Å². The molecule has 16 heavy (non-hydrogen) atoms. The predicted octanol–water partition coefficient (Wildman–Crippen LogP) is 1.80. The third-order valence-electron chi connectivity index (χ3n) is 1.96. The fourth-order valence-corrected chi connectivity index (χ4v) is 1.52. The summed E-state index contributed by atoms with van der Waals surface area (Å²) in [6, 6.07) is 1.73. The van der Waals surface area contributed by atoms with Crippen molar-refractivity contribution in [3.63, 3.8) is 0 Å². The summed E-state index contributed by atoms with van der Waals surface area (Å²) in [5.74, 6) is -2.62. The molecule has 0 aliphatic carbocycles. The second-order valence-electron chi connectivity index (χ2n) is 3.35. The third-order valence-corrected chi connectivity index (χ3v) is 2.42. The van der Waals surface area contributed by atoms with Crippen LogP contribution in [0.2, 0.25) is 0 Å². The number of benzene rings is 1. The van der Waals surface area contributed by atoms with Crippen LogP contribution in [0.25, 0.3) is 0 Å². The molecule has 6 heteroatoms. The molecule has 3 N–H and O–H groups in total. The highest BCUT2D eigenvalue weighted by Crippen LogP contribution is 2.19. The van der Waals surface area contributed by atoms with Crippen molar-refractivity contribution < 1.29 is 13.6 Å². The number of carbonyl (C=O) groups excluding carboxylic acids is 1. The highest BCUT2D eigenvalue weighted by Gasteiger charge is 2.19. The van der Waals surface area contributed by atoms with Gasteiger partial charge in [0.1, 0.15) is 17.2 Å². The lowest BCUT2D eigenvalue weighted by Gasteiger charge is -2.12. The van der Waals surface area contributed by atoms with Gasteiger partial charge in [-0.25, -0.2) is 8.78 Å². The maximum atomic E-state index is 13.4. The van der Waals surface area contributed by atoms with Crippen molar-refractivity contribution in [1.29, 1.82) is 0 Å². The minimum atomic E-state index is -0.909. The molecule has 0 spiro atoms. The van der Waals surface area contributed by atoms with Crippen LogP contribution < -0.4 is 11.1 Å². The molecule has 0 aliphatic heterocycles. The summed E-state index contributed by atoms with van der Waals surface area (Å²) in [4.78, 5) is 11.5. The van der Waals surface area contributed by atoms with E-state index in [-0.39, 0.29) is 17.1 Å². The van der Waals surface area contributed by atoms with E-state index in [4.69, 9.17) is 5.73 Å². The van der Waals surface area contributed by atoms with E-state index in [0.29, 0.717) is 0 Å². The van der Waals surface area contributed by atoms with Crippen molar-refractivity contribution in [3.05, 3.63) is 33.8 Å². The maximum absolute atomic E-state index is 13.4. The third kappa shape index (κ3) is 2.99. The second kappa shape index (κ2) is 5.36. The Balaban J connectivity index is 3.00. The van der Waals surface area contributed by atoms with Crippen LogP contribution >= 0.6 is 15.9 Å². The summed E-state index contributed by atoms with van der Waals surface area (Å²) in [6.45, 7) is 1.85. The molecule has 0 bridgehead atoms. The van der Waals surface area contributed by atoms with Gasteiger partial charge in [-0.3, -0.25) is 4.79 Å². The smallest absolute Gasteiger partial charge is 0.257 e. The zero-order chi connectivity index (χ0) is 12.3. The Morgan fingerprint density at radius 1 is 1.50 bits per heavy atom. The van der Waals surface area contributed by atoms with Crippen molar-refractivity contribution in [2.24, 2.45) is 5.73 Å². The van der Waals surface area contributed by atoms with Crippen LogP contribution in [0.15, 0.2) is 16.6 Å². The highest BCUT2D eigenvalue weighted by atomic mass is 79.9. The Morgan fingerprint density at radius 3 is 2.44 bits per heavy atom. The molecule has 1 amide bonds. The van der Waals surface area contributed by atoms with Gasteiger partial charge < -0.3 is 11.1 Å². The first-order chi connectivity index (χ1) is 7.45. The van der Waals surface area contributed by atoms with Gasteiger partial charge in [-0.1, -0.05) is 15.9 Å². The lowest BCUT2D eigenvalue weighted by molar-refractivity contribution is 0.0932. The van der Waals surface area contributed by atoms with E-state index in [0.717, 1.165) is 12.1 Å². The van der Waals surface area contributed by atoms with Crippen molar-refractivity contribution in [2.45, 2.75) is 13.0 Å². The number of nitrogens with two attached hydrogens (primary N) is 1. The molecule has 0 heterocycles. The van der Waals surface area contributed by atoms with Crippen molar-refractivity contribution in [3.8, 4) is 0 Å². The van der Waals surface area contributed by atoms with E-state index in [2.05, 4.69) is 21.2 Å². The average Bonchev–Trinajstić information content (AvgIpc) is 2.15. The molecule has 1 aromatic carbocycles. The summed E-state index contributed by atoms with van der Waals surface area (Å²) in [6.07, 6.45) is 0. The lowest BCUT2D eigenvalue weighted by Crippen LogP contribution is -2.38. The van der Waals surface area contributed by atoms with Gasteiger partial charge in [-0.2, -0.15) is 0 Å². The van der Waals surface area contributed by atoms with E-state index >= 15 is 0 Å². The molecular weight excluding hydrogens is 282 g/mol. The first-order valence-corrected chi connectivity index (χ1v) is 5.40. The van der Waals surface area contributed by atoms with E-state index in [1.807, 2.05) is 0 Å². The molecular formula is C10H11BrF2N2O. The average molecular weight is 293 g/mol. The molecule has 0 radical (unpaired) electrons. The molecule has 0 aliphatic rings. The number of nitrogens with one attached hydrogen (secondary N) is 1. The second-order valence-corrected chi connectivity index (χ2v) is 4.27. The van der Waals surface area contributed by atoms with Crippen LogP contribution in [0.1, 0.15) is 17.3 Å². The number of amides is 1. The van der Waals surface area contributed by atoms with Gasteiger partial charge >= 0.3 is 0 Å². The van der Waals surface area contributed by atoms with Crippen LogP contribution in [-0.4, -0.2) is 18.5 Å². The van der Waals surface area contributed by atoms with Gasteiger partial charge in [-0.15, -0.1) is 0 Å². The monoisotopic (exact) mass is 292 g/mol. The Hall–Kier alpha value is -1.01. The Bertz CT molecular complexity index is 389. The van der Waals surface area contributed by atoms with Crippen LogP contribution in [-0.2, 0) is 0 Å². The van der Waals surface area contributed by atoms with Crippen molar-refractivity contribution in [2.75, 3.05) is 6.54 Å². The molecule has 88 valence electrons. The number of carbonyl (C=O) groups is 1. The zero-order valence-corrected chi connectivity index (χ0v) is 10.1. The normalized spacial score (nSPS) is 12.3. The molecule has 0 fully saturated rings. The van der Waals surface area contributed by atoms with E-state index in [1.54, 1.807) is 6.92 Å². The maximum Gasteiger partial charge on any atom is 0.257 e. The predicted molar refractivity (Wildman–Crippen MR) is 60.0 cm³/mol. The lowest BCUT2D eigenvalue weighted by atomic mass is 10.1. The highest BCUT2D eigenvalue weighted by molar-refractivity contribution is 9.10. The minimum Gasteiger partial charge on any atom is -0.348 e. The van der Waals surface area contributed by atoms with E-state index < -0.39 is 23.1 Å². The zero-order valence-electron chi connectivity index (χ0n) is 8.56. The van der Waals surface area contributed by atoms with Crippen LogP contribution in [0, 0.1) is 11.6 Å². The van der Waals surface area contributed by atoms with Gasteiger partial charge in [0.15, 0.2) is 0 Å². The van der Waals surface area contributed by atoms with Gasteiger partial charge in [-0.05, 0) is 19.1 Å². The molecule has 3 nitrogen and oxygen atoms in total. The summed E-state index contributed by atoms with van der Waals surface area (Å²) in [5, 5.41) is 2.39.